The number of hydrogen-bond donors (Lipinski definition) is 6. The Bertz CT molecular complexity index is 921. The van der Waals surface area contributed by atoms with E-state index >= 15 is 0 Å². The van der Waals surface area contributed by atoms with Crippen LogP contribution in [0.1, 0.15) is 66.7 Å². The highest BCUT2D eigenvalue weighted by Gasteiger charge is 2.61. The molecule has 2 saturated carbocycles. The molecule has 3 aliphatic carbocycles. The zero-order valence-electron chi connectivity index (χ0n) is 23.5. The molecule has 11 nitrogen and oxygen atoms in total. The van der Waals surface area contributed by atoms with E-state index in [0.717, 1.165) is 18.4 Å². The first-order valence-corrected chi connectivity index (χ1v) is 14.0. The van der Waals surface area contributed by atoms with Crippen LogP contribution in [0.15, 0.2) is 11.6 Å². The van der Waals surface area contributed by atoms with Gasteiger partial charge in [0, 0.05) is 12.3 Å². The van der Waals surface area contributed by atoms with E-state index in [1.165, 1.54) is 6.92 Å². The van der Waals surface area contributed by atoms with Gasteiger partial charge in [-0.15, -0.1) is 0 Å². The Labute approximate surface area is 229 Å². The molecule has 0 aromatic carbocycles. The Kier molecular flexibility index (Phi) is 8.89. The van der Waals surface area contributed by atoms with Crippen molar-refractivity contribution < 1.29 is 54.7 Å². The molecule has 6 N–H and O–H groups in total. The predicted molar refractivity (Wildman–Crippen MR) is 137 cm³/mol. The SMILES string of the molecule is CC(=O)OC[C@H](O)[C@@]1(C)CC[C@@H]2C(=CC[C@@H]3C(C)(C)[C@H](O[C@@H]4O[C@H](CO)[C@@H](O)[C@H](O)[C@H]4O)CC[C@@]23C)[C@@H]1OO. The number of esters is 1. The number of carbonyl (C=O) groups excluding carboxylic acids is 1. The number of aliphatic hydroxyl groups is 5. The first-order chi connectivity index (χ1) is 18.2. The summed E-state index contributed by atoms with van der Waals surface area (Å²) in [5.74, 6) is -0.225. The second-order valence-corrected chi connectivity index (χ2v) is 13.1. The van der Waals surface area contributed by atoms with Crippen LogP contribution >= 0.6 is 0 Å². The highest BCUT2D eigenvalue weighted by molar-refractivity contribution is 5.65. The number of ether oxygens (including phenoxy) is 3. The van der Waals surface area contributed by atoms with Crippen molar-refractivity contribution >= 4 is 5.97 Å². The minimum absolute atomic E-state index is 0.0925. The van der Waals surface area contributed by atoms with E-state index in [-0.39, 0.29) is 35.4 Å². The maximum atomic E-state index is 11.3. The van der Waals surface area contributed by atoms with Gasteiger partial charge in [-0.2, -0.15) is 0 Å². The number of carbonyl (C=O) groups is 1. The second kappa shape index (κ2) is 11.3. The van der Waals surface area contributed by atoms with Gasteiger partial charge in [0.05, 0.1) is 18.8 Å². The summed E-state index contributed by atoms with van der Waals surface area (Å²) in [6, 6.07) is 0. The third kappa shape index (κ3) is 5.19. The molecule has 4 rings (SSSR count). The van der Waals surface area contributed by atoms with Crippen molar-refractivity contribution in [3.8, 4) is 0 Å². The topological polar surface area (TPSA) is 175 Å². The third-order valence-corrected chi connectivity index (χ3v) is 10.6. The molecule has 12 atom stereocenters. The van der Waals surface area contributed by atoms with Crippen molar-refractivity contribution in [1.82, 2.24) is 0 Å². The van der Waals surface area contributed by atoms with Crippen LogP contribution in [0.2, 0.25) is 0 Å². The normalized spacial score (nSPS) is 46.4. The predicted octanol–water partition coefficient (Wildman–Crippen LogP) is 1.14. The van der Waals surface area contributed by atoms with Crippen LogP contribution in [0.3, 0.4) is 0 Å². The fourth-order valence-electron chi connectivity index (χ4n) is 8.08. The zero-order valence-corrected chi connectivity index (χ0v) is 23.5. The molecule has 11 heteroatoms. The Hall–Kier alpha value is -1.15. The smallest absolute Gasteiger partial charge is 0.302 e. The number of fused-ring (bicyclic) bond motifs is 3. The van der Waals surface area contributed by atoms with Crippen LogP contribution < -0.4 is 0 Å². The van der Waals surface area contributed by atoms with E-state index in [9.17, 15) is 35.6 Å². The Morgan fingerprint density at radius 1 is 1.10 bits per heavy atom. The first-order valence-electron chi connectivity index (χ1n) is 14.0. The van der Waals surface area contributed by atoms with Crippen LogP contribution in [-0.4, -0.2) is 99.0 Å². The summed E-state index contributed by atoms with van der Waals surface area (Å²) in [5, 5.41) is 61.4. The Balaban J connectivity index is 1.55. The highest BCUT2D eigenvalue weighted by atomic mass is 17.1. The van der Waals surface area contributed by atoms with Crippen LogP contribution in [0, 0.1) is 28.1 Å². The second-order valence-electron chi connectivity index (χ2n) is 13.1. The van der Waals surface area contributed by atoms with Gasteiger partial charge in [-0.1, -0.05) is 33.8 Å². The molecule has 3 fully saturated rings. The molecule has 0 bridgehead atoms. The quantitative estimate of drug-likeness (QED) is 0.114. The maximum Gasteiger partial charge on any atom is 0.302 e. The van der Waals surface area contributed by atoms with Crippen molar-refractivity contribution in [3.05, 3.63) is 11.6 Å². The van der Waals surface area contributed by atoms with Crippen molar-refractivity contribution in [2.24, 2.45) is 28.1 Å². The summed E-state index contributed by atoms with van der Waals surface area (Å²) >= 11 is 0. The van der Waals surface area contributed by atoms with Gasteiger partial charge in [-0.05, 0) is 60.3 Å². The van der Waals surface area contributed by atoms with Crippen molar-refractivity contribution in [3.63, 3.8) is 0 Å². The van der Waals surface area contributed by atoms with E-state index in [0.29, 0.717) is 19.3 Å². The van der Waals surface area contributed by atoms with Gasteiger partial charge in [0.15, 0.2) is 6.29 Å². The lowest BCUT2D eigenvalue weighted by Gasteiger charge is -2.62. The molecule has 1 aliphatic heterocycles. The third-order valence-electron chi connectivity index (χ3n) is 10.6. The molecule has 0 radical (unpaired) electrons. The Morgan fingerprint density at radius 3 is 2.41 bits per heavy atom. The molecule has 0 aromatic rings. The molecular weight excluding hydrogens is 512 g/mol. The first kappa shape index (κ1) is 30.8. The van der Waals surface area contributed by atoms with Gasteiger partial charge in [-0.25, -0.2) is 4.89 Å². The van der Waals surface area contributed by atoms with Crippen LogP contribution in [-0.2, 0) is 23.9 Å². The molecule has 39 heavy (non-hydrogen) atoms. The number of rotatable bonds is 7. The fraction of sp³-hybridized carbons (Fsp3) is 0.893. The van der Waals surface area contributed by atoms with Gasteiger partial charge in [0.2, 0.25) is 0 Å². The summed E-state index contributed by atoms with van der Waals surface area (Å²) in [6.45, 7) is 8.95. The van der Waals surface area contributed by atoms with Crippen LogP contribution in [0.25, 0.3) is 0 Å². The molecular formula is C28H46O11. The van der Waals surface area contributed by atoms with E-state index in [1.807, 2.05) is 6.92 Å². The molecule has 0 aromatic heterocycles. The molecule has 224 valence electrons. The molecule has 4 aliphatic rings. The minimum atomic E-state index is -1.50. The zero-order chi connectivity index (χ0) is 28.9. The lowest BCUT2D eigenvalue weighted by molar-refractivity contribution is -0.329. The fourth-order valence-corrected chi connectivity index (χ4v) is 8.08. The average Bonchev–Trinajstić information content (AvgIpc) is 2.88. The van der Waals surface area contributed by atoms with Gasteiger partial charge in [0.25, 0.3) is 0 Å². The lowest BCUT2D eigenvalue weighted by Crippen LogP contribution is -2.62. The molecule has 0 amide bonds. The maximum absolute atomic E-state index is 11.3. The molecule has 1 heterocycles. The monoisotopic (exact) mass is 558 g/mol. The average molecular weight is 559 g/mol. The van der Waals surface area contributed by atoms with E-state index in [2.05, 4.69) is 26.8 Å². The molecule has 0 unspecified atom stereocenters. The highest BCUT2D eigenvalue weighted by Crippen LogP contribution is 2.64. The molecule has 0 spiro atoms. The number of allylic oxidation sites excluding steroid dienone is 1. The lowest BCUT2D eigenvalue weighted by atomic mass is 9.44. The van der Waals surface area contributed by atoms with Crippen LogP contribution in [0.4, 0.5) is 0 Å². The summed E-state index contributed by atoms with van der Waals surface area (Å²) in [7, 11) is 0. The van der Waals surface area contributed by atoms with Crippen molar-refractivity contribution in [1.29, 1.82) is 0 Å². The van der Waals surface area contributed by atoms with Gasteiger partial charge < -0.3 is 39.7 Å². The van der Waals surface area contributed by atoms with Crippen molar-refractivity contribution in [2.45, 2.75) is 116 Å². The van der Waals surface area contributed by atoms with E-state index in [1.54, 1.807) is 0 Å². The minimum Gasteiger partial charge on any atom is -0.463 e. The number of hydrogen-bond acceptors (Lipinski definition) is 11. The standard InChI is InChI=1S/C28H46O11/c1-14(30)36-13-19(31)28(5)10-8-16-15(24(28)39-35)6-7-18-26(2,3)20(9-11-27(16,18)4)38-25-23(34)22(33)21(32)17(12-29)37-25/h6,16-25,29,31-35H,7-13H2,1-5H3/t16-,17-,18-,19+,20-,21-,22+,23-,24+,25+,27+,28-/m1/s1. The Morgan fingerprint density at radius 2 is 1.79 bits per heavy atom. The van der Waals surface area contributed by atoms with Gasteiger partial charge in [-0.3, -0.25) is 10.1 Å². The summed E-state index contributed by atoms with van der Waals surface area (Å²) < 4.78 is 17.0. The summed E-state index contributed by atoms with van der Waals surface area (Å²) in [6.07, 6.45) is -3.15. The van der Waals surface area contributed by atoms with E-state index < -0.39 is 60.9 Å². The largest absolute Gasteiger partial charge is 0.463 e. The number of aliphatic hydroxyl groups excluding tert-OH is 5. The van der Waals surface area contributed by atoms with Gasteiger partial charge >= 0.3 is 5.97 Å². The molecule has 1 saturated heterocycles. The summed E-state index contributed by atoms with van der Waals surface area (Å²) in [4.78, 5) is 16.4. The van der Waals surface area contributed by atoms with Crippen molar-refractivity contribution in [2.75, 3.05) is 13.2 Å². The summed E-state index contributed by atoms with van der Waals surface area (Å²) in [5.41, 5.74) is -0.425. The van der Waals surface area contributed by atoms with Crippen LogP contribution in [0.5, 0.6) is 0 Å². The van der Waals surface area contributed by atoms with E-state index in [4.69, 9.17) is 19.1 Å². The van der Waals surface area contributed by atoms with Gasteiger partial charge in [0.1, 0.15) is 37.1 Å².